The Morgan fingerprint density at radius 1 is 0.729 bits per heavy atom. The first-order valence-electron chi connectivity index (χ1n) is 16.1. The van der Waals surface area contributed by atoms with Crippen molar-refractivity contribution in [2.45, 2.75) is 45.7 Å². The van der Waals surface area contributed by atoms with E-state index in [4.69, 9.17) is 5.73 Å². The fourth-order valence-electron chi connectivity index (χ4n) is 5.42. The zero-order valence-electron chi connectivity index (χ0n) is 27.8. The second-order valence-corrected chi connectivity index (χ2v) is 12.5. The number of nitrogens with two attached hydrogens (primary N) is 1. The van der Waals surface area contributed by atoms with Gasteiger partial charge in [0.15, 0.2) is 0 Å². The number of benzene rings is 3. The number of carboxylic acid groups (broad SMARTS) is 1. The first-order valence-corrected chi connectivity index (χ1v) is 16.1. The molecule has 0 aliphatic carbocycles. The Hall–Kier alpha value is -5.46. The molecular formula is C35H46N8O5. The summed E-state index contributed by atoms with van der Waals surface area (Å²) in [7, 11) is 0. The van der Waals surface area contributed by atoms with Crippen LogP contribution in [0.4, 0.5) is 26.7 Å². The summed E-state index contributed by atoms with van der Waals surface area (Å²) in [4.78, 5) is 49.5. The Balaban J connectivity index is 0.000000220. The molecular weight excluding hydrogens is 612 g/mol. The van der Waals surface area contributed by atoms with Gasteiger partial charge in [0.25, 0.3) is 11.8 Å². The summed E-state index contributed by atoms with van der Waals surface area (Å²) in [5.41, 5.74) is 8.56. The van der Waals surface area contributed by atoms with Gasteiger partial charge in [-0.25, -0.2) is 9.59 Å². The summed E-state index contributed by atoms with van der Waals surface area (Å²) in [6, 6.07) is 26.3. The Morgan fingerprint density at radius 2 is 1.23 bits per heavy atom. The molecule has 2 saturated heterocycles. The number of nitrogens with zero attached hydrogens (tertiary/aromatic N) is 5. The molecule has 13 heteroatoms. The lowest BCUT2D eigenvalue weighted by Gasteiger charge is -2.36. The minimum absolute atomic E-state index is 0.0447. The highest BCUT2D eigenvalue weighted by atomic mass is 16.4. The predicted molar refractivity (Wildman–Crippen MR) is 186 cm³/mol. The van der Waals surface area contributed by atoms with Gasteiger partial charge in [-0.1, -0.05) is 48.5 Å². The molecule has 48 heavy (non-hydrogen) atoms. The maximum atomic E-state index is 12.6. The largest absolute Gasteiger partial charge is 0.465 e. The van der Waals surface area contributed by atoms with Crippen LogP contribution in [0.25, 0.3) is 0 Å². The summed E-state index contributed by atoms with van der Waals surface area (Å²) in [6.07, 6.45) is 0.707. The molecule has 0 spiro atoms. The monoisotopic (exact) mass is 658 g/mol. The number of hydrogen-bond acceptors (Lipinski definition) is 7. The lowest BCUT2D eigenvalue weighted by Crippen LogP contribution is -2.52. The van der Waals surface area contributed by atoms with E-state index in [9.17, 15) is 24.3 Å². The van der Waals surface area contributed by atoms with Gasteiger partial charge in [0.05, 0.1) is 11.4 Å². The van der Waals surface area contributed by atoms with Crippen molar-refractivity contribution in [1.29, 1.82) is 0 Å². The normalized spacial score (nSPS) is 14.2. The Kier molecular flexibility index (Phi) is 12.1. The number of amides is 5. The molecule has 0 saturated carbocycles. The summed E-state index contributed by atoms with van der Waals surface area (Å²) in [5.74, 6) is -0.326. The molecule has 13 nitrogen and oxygen atoms in total. The van der Waals surface area contributed by atoms with Gasteiger partial charge in [-0.05, 0) is 75.6 Å². The fraction of sp³-hybridized carbons (Fsp3) is 0.371. The van der Waals surface area contributed by atoms with Crippen molar-refractivity contribution in [3.63, 3.8) is 0 Å². The third-order valence-electron chi connectivity index (χ3n) is 7.91. The first kappa shape index (κ1) is 35.4. The van der Waals surface area contributed by atoms with Crippen LogP contribution in [0.5, 0.6) is 0 Å². The molecule has 2 fully saturated rings. The highest BCUT2D eigenvalue weighted by molar-refractivity contribution is 5.85. The molecule has 0 aromatic heterocycles. The van der Waals surface area contributed by atoms with Gasteiger partial charge in [0, 0.05) is 44.0 Å². The van der Waals surface area contributed by atoms with E-state index in [2.05, 4.69) is 10.6 Å². The highest BCUT2D eigenvalue weighted by Gasteiger charge is 2.33. The van der Waals surface area contributed by atoms with Crippen molar-refractivity contribution < 1.29 is 24.3 Å². The van der Waals surface area contributed by atoms with Gasteiger partial charge < -0.3 is 21.5 Å². The molecule has 5 N–H and O–H groups in total. The number of rotatable bonds is 8. The van der Waals surface area contributed by atoms with Gasteiger partial charge in [-0.3, -0.25) is 34.5 Å². The second-order valence-electron chi connectivity index (χ2n) is 12.5. The van der Waals surface area contributed by atoms with E-state index >= 15 is 0 Å². The first-order chi connectivity index (χ1) is 22.9. The number of carbonyl (C=O) groups is 4. The van der Waals surface area contributed by atoms with Crippen molar-refractivity contribution in [2.75, 3.05) is 55.0 Å². The van der Waals surface area contributed by atoms with Gasteiger partial charge in [-0.2, -0.15) is 0 Å². The molecule has 2 heterocycles. The third-order valence-corrected chi connectivity index (χ3v) is 7.91. The van der Waals surface area contributed by atoms with Crippen LogP contribution in [-0.2, 0) is 16.1 Å². The molecule has 0 radical (unpaired) electrons. The summed E-state index contributed by atoms with van der Waals surface area (Å²) in [6.45, 7) is 8.37. The Labute approximate surface area is 281 Å². The van der Waals surface area contributed by atoms with Crippen molar-refractivity contribution >= 4 is 41.0 Å². The zero-order chi connectivity index (χ0) is 34.7. The van der Waals surface area contributed by atoms with Crippen molar-refractivity contribution in [3.8, 4) is 0 Å². The fourth-order valence-corrected chi connectivity index (χ4v) is 5.42. The van der Waals surface area contributed by atoms with Gasteiger partial charge in [0.2, 0.25) is 0 Å². The van der Waals surface area contributed by atoms with Crippen LogP contribution in [0.1, 0.15) is 39.2 Å². The minimum atomic E-state index is -1.08. The van der Waals surface area contributed by atoms with E-state index in [1.807, 2.05) is 82.8 Å². The topological polar surface area (TPSA) is 155 Å². The van der Waals surface area contributed by atoms with Gasteiger partial charge in [0.1, 0.15) is 13.1 Å². The van der Waals surface area contributed by atoms with E-state index in [1.165, 1.54) is 4.90 Å². The van der Waals surface area contributed by atoms with Crippen molar-refractivity contribution in [1.82, 2.24) is 25.6 Å². The van der Waals surface area contributed by atoms with Crippen molar-refractivity contribution in [2.24, 2.45) is 0 Å². The molecule has 0 atom stereocenters. The SMILES string of the molecule is CC(C)(C)N(CC(=O)N1CCCN1c1ccccc1)C(=O)O.Nc1ccc(CNC(=O)NCC(=O)N2CCCN2c2ccccc2)cc1. The molecule has 2 aliphatic rings. The van der Waals surface area contributed by atoms with E-state index in [0.717, 1.165) is 42.9 Å². The maximum Gasteiger partial charge on any atom is 0.408 e. The predicted octanol–water partition coefficient (Wildman–Crippen LogP) is 4.14. The average molecular weight is 659 g/mol. The van der Waals surface area contributed by atoms with Gasteiger partial charge in [-0.15, -0.1) is 0 Å². The van der Waals surface area contributed by atoms with Crippen LogP contribution in [0.3, 0.4) is 0 Å². The van der Waals surface area contributed by atoms with Crippen LogP contribution < -0.4 is 26.4 Å². The number of hydrogen-bond donors (Lipinski definition) is 4. The number of nitrogens with one attached hydrogen (secondary N) is 2. The quantitative estimate of drug-likeness (QED) is 0.264. The van der Waals surface area contributed by atoms with E-state index in [0.29, 0.717) is 25.3 Å². The molecule has 3 aromatic carbocycles. The minimum Gasteiger partial charge on any atom is -0.465 e. The maximum absolute atomic E-state index is 12.6. The number of carbonyl (C=O) groups excluding carboxylic acids is 3. The Bertz CT molecular complexity index is 1520. The van der Waals surface area contributed by atoms with Crippen LogP contribution >= 0.6 is 0 Å². The molecule has 0 bridgehead atoms. The molecule has 0 unspecified atom stereocenters. The van der Waals surface area contributed by atoms with Crippen LogP contribution in [0.15, 0.2) is 84.9 Å². The zero-order valence-corrected chi connectivity index (χ0v) is 27.8. The second kappa shape index (κ2) is 16.4. The summed E-state index contributed by atoms with van der Waals surface area (Å²) < 4.78 is 0. The van der Waals surface area contributed by atoms with E-state index < -0.39 is 11.6 Å². The number of para-hydroxylation sites is 2. The number of anilines is 3. The highest BCUT2D eigenvalue weighted by Crippen LogP contribution is 2.23. The molecule has 2 aliphatic heterocycles. The smallest absolute Gasteiger partial charge is 0.408 e. The lowest BCUT2D eigenvalue weighted by atomic mass is 10.1. The van der Waals surface area contributed by atoms with Gasteiger partial charge >= 0.3 is 12.1 Å². The number of hydrazine groups is 2. The number of urea groups is 1. The standard InChI is InChI=1S/C19H23N5O2.C16H23N3O3/c20-16-9-7-15(8-10-16)13-21-19(26)22-14-18(25)24-12-4-11-23(24)17-5-2-1-3-6-17;1-16(2,3)17(15(21)22)12-14(20)19-11-7-10-18(19)13-8-5-4-6-9-13/h1-3,5-10H,4,11-14,20H2,(H2,21,22,26);4-6,8-9H,7,10-12H2,1-3H3,(H,21,22). The molecule has 3 aromatic rings. The van der Waals surface area contributed by atoms with E-state index in [-0.39, 0.29) is 30.9 Å². The van der Waals surface area contributed by atoms with E-state index in [1.54, 1.807) is 42.9 Å². The van der Waals surface area contributed by atoms with Crippen LogP contribution in [0.2, 0.25) is 0 Å². The van der Waals surface area contributed by atoms with Crippen LogP contribution in [-0.4, -0.2) is 88.8 Å². The Morgan fingerprint density at radius 3 is 1.71 bits per heavy atom. The molecule has 256 valence electrons. The van der Waals surface area contributed by atoms with Crippen LogP contribution in [0, 0.1) is 0 Å². The summed E-state index contributed by atoms with van der Waals surface area (Å²) in [5, 5.41) is 21.9. The number of nitrogen functional groups attached to an aromatic ring is 1. The molecule has 5 rings (SSSR count). The van der Waals surface area contributed by atoms with Crippen molar-refractivity contribution in [3.05, 3.63) is 90.5 Å². The average Bonchev–Trinajstić information content (AvgIpc) is 3.77. The summed E-state index contributed by atoms with van der Waals surface area (Å²) >= 11 is 0. The lowest BCUT2D eigenvalue weighted by molar-refractivity contribution is -0.132. The molecule has 5 amide bonds. The third kappa shape index (κ3) is 9.77.